The molecule has 1 aliphatic rings. The van der Waals surface area contributed by atoms with Gasteiger partial charge in [0.1, 0.15) is 0 Å². The molecule has 0 amide bonds. The van der Waals surface area contributed by atoms with E-state index in [2.05, 4.69) is 60.8 Å². The summed E-state index contributed by atoms with van der Waals surface area (Å²) in [4.78, 5) is 0. The Balaban J connectivity index is 1.66. The maximum atomic E-state index is 4.39. The van der Waals surface area contributed by atoms with Gasteiger partial charge in [-0.15, -0.1) is 0 Å². The van der Waals surface area contributed by atoms with Crippen molar-refractivity contribution in [2.24, 2.45) is 0 Å². The summed E-state index contributed by atoms with van der Waals surface area (Å²) in [5.41, 5.74) is 2.88. The quantitative estimate of drug-likeness (QED) is 0.889. The van der Waals surface area contributed by atoms with Crippen LogP contribution in [0.1, 0.15) is 43.9 Å². The average Bonchev–Trinajstić information content (AvgIpc) is 3.07. The molecule has 0 aliphatic heterocycles. The van der Waals surface area contributed by atoms with Crippen LogP contribution in [0.5, 0.6) is 0 Å². The fourth-order valence-corrected chi connectivity index (χ4v) is 2.47. The Labute approximate surface area is 114 Å². The third-order valence-electron chi connectivity index (χ3n) is 3.89. The van der Waals surface area contributed by atoms with Crippen LogP contribution in [-0.2, 0) is 12.1 Å². The molecule has 0 bridgehead atoms. The Morgan fingerprint density at radius 3 is 2.58 bits per heavy atom. The smallest absolute Gasteiger partial charge is 0.0534 e. The SMILES string of the molecule is CC(C)n1cc(CNC2(c3ccccc3)CC2)cn1. The van der Waals surface area contributed by atoms with Crippen molar-refractivity contribution in [3.63, 3.8) is 0 Å². The van der Waals surface area contributed by atoms with E-state index < -0.39 is 0 Å². The van der Waals surface area contributed by atoms with Crippen molar-refractivity contribution in [2.45, 2.75) is 44.8 Å². The predicted octanol–water partition coefficient (Wildman–Crippen LogP) is 3.24. The first kappa shape index (κ1) is 12.4. The summed E-state index contributed by atoms with van der Waals surface area (Å²) < 4.78 is 2.01. The minimum Gasteiger partial charge on any atom is -0.303 e. The highest BCUT2D eigenvalue weighted by atomic mass is 15.3. The van der Waals surface area contributed by atoms with E-state index in [1.165, 1.54) is 24.0 Å². The molecule has 0 atom stereocenters. The molecule has 3 heteroatoms. The van der Waals surface area contributed by atoms with Gasteiger partial charge in [0.25, 0.3) is 0 Å². The first-order valence-electron chi connectivity index (χ1n) is 7.03. The van der Waals surface area contributed by atoms with E-state index in [1.54, 1.807) is 0 Å². The maximum absolute atomic E-state index is 4.39. The second kappa shape index (κ2) is 4.82. The van der Waals surface area contributed by atoms with Crippen molar-refractivity contribution < 1.29 is 0 Å². The maximum Gasteiger partial charge on any atom is 0.0534 e. The van der Waals surface area contributed by atoms with Crippen LogP contribution in [0.15, 0.2) is 42.7 Å². The lowest BCUT2D eigenvalue weighted by molar-refractivity contribution is 0.514. The topological polar surface area (TPSA) is 29.9 Å². The summed E-state index contributed by atoms with van der Waals surface area (Å²) in [5, 5.41) is 8.09. The van der Waals surface area contributed by atoms with Crippen molar-refractivity contribution in [1.29, 1.82) is 0 Å². The molecule has 3 nitrogen and oxygen atoms in total. The Morgan fingerprint density at radius 1 is 1.26 bits per heavy atom. The average molecular weight is 255 g/mol. The summed E-state index contributed by atoms with van der Waals surface area (Å²) in [6.07, 6.45) is 6.57. The van der Waals surface area contributed by atoms with E-state index in [0.717, 1.165) is 6.54 Å². The summed E-state index contributed by atoms with van der Waals surface area (Å²) >= 11 is 0. The molecule has 100 valence electrons. The van der Waals surface area contributed by atoms with Crippen LogP contribution in [0.25, 0.3) is 0 Å². The zero-order valence-corrected chi connectivity index (χ0v) is 11.6. The van der Waals surface area contributed by atoms with Gasteiger partial charge in [-0.25, -0.2) is 0 Å². The van der Waals surface area contributed by atoms with E-state index in [0.29, 0.717) is 6.04 Å². The lowest BCUT2D eigenvalue weighted by Crippen LogP contribution is -2.28. The highest BCUT2D eigenvalue weighted by Gasteiger charge is 2.43. The Kier molecular flexibility index (Phi) is 3.15. The minimum atomic E-state index is 0.210. The highest BCUT2D eigenvalue weighted by molar-refractivity contribution is 5.30. The highest BCUT2D eigenvalue weighted by Crippen LogP contribution is 2.45. The van der Waals surface area contributed by atoms with Crippen molar-refractivity contribution in [2.75, 3.05) is 0 Å². The molecule has 0 unspecified atom stereocenters. The second-order valence-electron chi connectivity index (χ2n) is 5.72. The van der Waals surface area contributed by atoms with Crippen molar-refractivity contribution in [3.8, 4) is 0 Å². The number of benzene rings is 1. The van der Waals surface area contributed by atoms with Crippen LogP contribution in [0, 0.1) is 0 Å². The van der Waals surface area contributed by atoms with Crippen LogP contribution in [-0.4, -0.2) is 9.78 Å². The molecule has 0 radical (unpaired) electrons. The molecule has 2 aromatic rings. The zero-order chi connectivity index (χ0) is 13.3. The molecule has 0 spiro atoms. The van der Waals surface area contributed by atoms with Crippen molar-refractivity contribution >= 4 is 0 Å². The van der Waals surface area contributed by atoms with Crippen LogP contribution < -0.4 is 5.32 Å². The normalized spacial score (nSPS) is 16.8. The molecule has 19 heavy (non-hydrogen) atoms. The van der Waals surface area contributed by atoms with Gasteiger partial charge in [0, 0.05) is 29.9 Å². The van der Waals surface area contributed by atoms with E-state index in [-0.39, 0.29) is 5.54 Å². The van der Waals surface area contributed by atoms with Gasteiger partial charge in [-0.3, -0.25) is 4.68 Å². The van der Waals surface area contributed by atoms with Gasteiger partial charge in [-0.2, -0.15) is 5.10 Å². The van der Waals surface area contributed by atoms with Gasteiger partial charge in [0.05, 0.1) is 6.20 Å². The molecule has 1 fully saturated rings. The fourth-order valence-electron chi connectivity index (χ4n) is 2.47. The fraction of sp³-hybridized carbons (Fsp3) is 0.438. The zero-order valence-electron chi connectivity index (χ0n) is 11.6. The van der Waals surface area contributed by atoms with Gasteiger partial charge in [0.2, 0.25) is 0 Å². The largest absolute Gasteiger partial charge is 0.303 e. The van der Waals surface area contributed by atoms with Gasteiger partial charge in [-0.05, 0) is 32.3 Å². The molecule has 1 aromatic heterocycles. The molecule has 1 saturated carbocycles. The van der Waals surface area contributed by atoms with E-state index in [4.69, 9.17) is 0 Å². The number of hydrogen-bond donors (Lipinski definition) is 1. The number of nitrogens with one attached hydrogen (secondary N) is 1. The first-order chi connectivity index (χ1) is 9.20. The Morgan fingerprint density at radius 2 is 2.00 bits per heavy atom. The number of hydrogen-bond acceptors (Lipinski definition) is 2. The Bertz CT molecular complexity index is 538. The van der Waals surface area contributed by atoms with Crippen LogP contribution in [0.3, 0.4) is 0 Å². The Hall–Kier alpha value is -1.61. The summed E-state index contributed by atoms with van der Waals surface area (Å²) in [6, 6.07) is 11.2. The third-order valence-corrected chi connectivity index (χ3v) is 3.89. The van der Waals surface area contributed by atoms with Crippen molar-refractivity contribution in [1.82, 2.24) is 15.1 Å². The second-order valence-corrected chi connectivity index (χ2v) is 5.72. The summed E-state index contributed by atoms with van der Waals surface area (Å²) in [7, 11) is 0. The molecule has 1 heterocycles. The lowest BCUT2D eigenvalue weighted by atomic mass is 10.0. The van der Waals surface area contributed by atoms with E-state index in [1.807, 2.05) is 10.9 Å². The van der Waals surface area contributed by atoms with Gasteiger partial charge in [-0.1, -0.05) is 30.3 Å². The van der Waals surface area contributed by atoms with Gasteiger partial charge < -0.3 is 5.32 Å². The number of aromatic nitrogens is 2. The standard InChI is InChI=1S/C16H21N3/c1-13(2)19-12-14(11-18-19)10-17-16(8-9-16)15-6-4-3-5-7-15/h3-7,11-13,17H,8-10H2,1-2H3. The molecular formula is C16H21N3. The number of nitrogens with zero attached hydrogens (tertiary/aromatic N) is 2. The summed E-state index contributed by atoms with van der Waals surface area (Å²) in [6.45, 7) is 5.19. The predicted molar refractivity (Wildman–Crippen MR) is 76.8 cm³/mol. The third kappa shape index (κ3) is 2.56. The molecule has 1 aromatic carbocycles. The molecular weight excluding hydrogens is 234 g/mol. The lowest BCUT2D eigenvalue weighted by Gasteiger charge is -2.17. The van der Waals surface area contributed by atoms with Crippen LogP contribution in [0.4, 0.5) is 0 Å². The van der Waals surface area contributed by atoms with Crippen molar-refractivity contribution in [3.05, 3.63) is 53.9 Å². The molecule has 1 N–H and O–H groups in total. The summed E-state index contributed by atoms with van der Waals surface area (Å²) in [5.74, 6) is 0. The molecule has 3 rings (SSSR count). The monoisotopic (exact) mass is 255 g/mol. The molecule has 1 aliphatic carbocycles. The van der Waals surface area contributed by atoms with E-state index in [9.17, 15) is 0 Å². The molecule has 0 saturated heterocycles. The van der Waals surface area contributed by atoms with E-state index >= 15 is 0 Å². The first-order valence-corrected chi connectivity index (χ1v) is 7.03. The number of rotatable bonds is 5. The van der Waals surface area contributed by atoms with Gasteiger partial charge in [0.15, 0.2) is 0 Å². The van der Waals surface area contributed by atoms with Gasteiger partial charge >= 0.3 is 0 Å². The minimum absolute atomic E-state index is 0.210. The van der Waals surface area contributed by atoms with Crippen LogP contribution in [0.2, 0.25) is 0 Å². The van der Waals surface area contributed by atoms with Crippen LogP contribution >= 0.6 is 0 Å².